The van der Waals surface area contributed by atoms with Crippen molar-refractivity contribution in [1.29, 1.82) is 0 Å². The van der Waals surface area contributed by atoms with E-state index in [0.717, 1.165) is 15.6 Å². The Labute approximate surface area is 120 Å². The molecule has 0 unspecified atom stereocenters. The summed E-state index contributed by atoms with van der Waals surface area (Å²) in [5, 5.41) is 0. The van der Waals surface area contributed by atoms with E-state index in [-0.39, 0.29) is 5.97 Å². The van der Waals surface area contributed by atoms with Gasteiger partial charge < -0.3 is 4.74 Å². The van der Waals surface area contributed by atoms with E-state index in [4.69, 9.17) is 4.74 Å². The van der Waals surface area contributed by atoms with E-state index in [1.165, 1.54) is 7.11 Å². The van der Waals surface area contributed by atoms with Crippen molar-refractivity contribution in [3.63, 3.8) is 0 Å². The summed E-state index contributed by atoms with van der Waals surface area (Å²) in [6.07, 6.45) is 1.83. The van der Waals surface area contributed by atoms with Crippen LogP contribution in [0.1, 0.15) is 11.1 Å². The van der Waals surface area contributed by atoms with Crippen LogP contribution in [0.2, 0.25) is 0 Å². The maximum Gasteiger partial charge on any atom is 0.338 e. The lowest BCUT2D eigenvalue weighted by molar-refractivity contribution is -0.133. The molecule has 0 aromatic heterocycles. The fourth-order valence-corrected chi connectivity index (χ4v) is 1.98. The van der Waals surface area contributed by atoms with E-state index in [9.17, 15) is 4.79 Å². The molecule has 2 rings (SSSR count). The molecule has 2 nitrogen and oxygen atoms in total. The Kier molecular flexibility index (Phi) is 4.53. The van der Waals surface area contributed by atoms with Gasteiger partial charge in [0.15, 0.2) is 0 Å². The van der Waals surface area contributed by atoms with Gasteiger partial charge in [0.1, 0.15) is 0 Å². The van der Waals surface area contributed by atoms with Crippen molar-refractivity contribution in [3.05, 3.63) is 70.2 Å². The first-order chi connectivity index (χ1) is 9.20. The van der Waals surface area contributed by atoms with E-state index in [0.29, 0.717) is 5.57 Å². The summed E-state index contributed by atoms with van der Waals surface area (Å²) >= 11 is 3.39. The quantitative estimate of drug-likeness (QED) is 0.483. The van der Waals surface area contributed by atoms with Crippen LogP contribution in [-0.2, 0) is 9.53 Å². The van der Waals surface area contributed by atoms with Crippen LogP contribution in [0.5, 0.6) is 0 Å². The van der Waals surface area contributed by atoms with Gasteiger partial charge in [-0.05, 0) is 29.3 Å². The number of rotatable bonds is 3. The maximum absolute atomic E-state index is 11.9. The highest BCUT2D eigenvalue weighted by atomic mass is 79.9. The summed E-state index contributed by atoms with van der Waals surface area (Å²) in [6, 6.07) is 17.2. The molecule has 0 bridgehead atoms. The van der Waals surface area contributed by atoms with Gasteiger partial charge in [0.25, 0.3) is 0 Å². The minimum Gasteiger partial charge on any atom is -0.465 e. The first kappa shape index (κ1) is 13.6. The van der Waals surface area contributed by atoms with Crippen molar-refractivity contribution >= 4 is 33.5 Å². The predicted octanol–water partition coefficient (Wildman–Crippen LogP) is 4.16. The molecule has 0 radical (unpaired) electrons. The minimum atomic E-state index is -0.339. The maximum atomic E-state index is 11.9. The summed E-state index contributed by atoms with van der Waals surface area (Å²) in [4.78, 5) is 11.9. The smallest absolute Gasteiger partial charge is 0.338 e. The van der Waals surface area contributed by atoms with Crippen LogP contribution in [0.3, 0.4) is 0 Å². The highest BCUT2D eigenvalue weighted by molar-refractivity contribution is 9.10. The second-order valence-corrected chi connectivity index (χ2v) is 4.88. The van der Waals surface area contributed by atoms with Gasteiger partial charge >= 0.3 is 5.97 Å². The van der Waals surface area contributed by atoms with Crippen LogP contribution >= 0.6 is 15.9 Å². The van der Waals surface area contributed by atoms with Crippen molar-refractivity contribution in [2.24, 2.45) is 0 Å². The standard InChI is InChI=1S/C16H13BrO2/c1-19-16(18)15(13-5-3-2-4-6-13)11-12-7-9-14(17)10-8-12/h2-11H,1H3. The molecule has 0 atom stereocenters. The molecule has 0 aliphatic carbocycles. The van der Waals surface area contributed by atoms with Gasteiger partial charge in [-0.3, -0.25) is 0 Å². The zero-order chi connectivity index (χ0) is 13.7. The molecule has 0 spiro atoms. The molecule has 0 amide bonds. The topological polar surface area (TPSA) is 26.3 Å². The van der Waals surface area contributed by atoms with Gasteiger partial charge in [-0.15, -0.1) is 0 Å². The number of hydrogen-bond acceptors (Lipinski definition) is 2. The van der Waals surface area contributed by atoms with E-state index >= 15 is 0 Å². The number of carbonyl (C=O) groups is 1. The van der Waals surface area contributed by atoms with Crippen molar-refractivity contribution in [2.45, 2.75) is 0 Å². The summed E-state index contributed by atoms with van der Waals surface area (Å²) < 4.78 is 5.85. The average molecular weight is 317 g/mol. The molecule has 19 heavy (non-hydrogen) atoms. The van der Waals surface area contributed by atoms with Gasteiger partial charge in [-0.25, -0.2) is 4.79 Å². The lowest BCUT2D eigenvalue weighted by Crippen LogP contribution is -2.03. The molecule has 2 aromatic rings. The molecule has 0 saturated carbocycles. The normalized spacial score (nSPS) is 11.2. The third-order valence-electron chi connectivity index (χ3n) is 2.67. The minimum absolute atomic E-state index is 0.339. The zero-order valence-electron chi connectivity index (χ0n) is 10.5. The summed E-state index contributed by atoms with van der Waals surface area (Å²) in [5.41, 5.74) is 2.34. The fourth-order valence-electron chi connectivity index (χ4n) is 1.71. The Morgan fingerprint density at radius 1 is 1.05 bits per heavy atom. The number of hydrogen-bond donors (Lipinski definition) is 0. The Bertz CT molecular complexity index is 586. The number of esters is 1. The molecular weight excluding hydrogens is 304 g/mol. The summed E-state index contributed by atoms with van der Waals surface area (Å²) in [5.74, 6) is -0.339. The average Bonchev–Trinajstić information content (AvgIpc) is 2.47. The molecule has 0 heterocycles. The molecule has 0 fully saturated rings. The van der Waals surface area contributed by atoms with Crippen molar-refractivity contribution in [2.75, 3.05) is 7.11 Å². The number of halogens is 1. The van der Waals surface area contributed by atoms with E-state index < -0.39 is 0 Å². The van der Waals surface area contributed by atoms with Crippen molar-refractivity contribution in [1.82, 2.24) is 0 Å². The molecule has 0 N–H and O–H groups in total. The van der Waals surface area contributed by atoms with Crippen LogP contribution in [0.15, 0.2) is 59.1 Å². The highest BCUT2D eigenvalue weighted by Crippen LogP contribution is 2.20. The first-order valence-electron chi connectivity index (χ1n) is 5.81. The fraction of sp³-hybridized carbons (Fsp3) is 0.0625. The van der Waals surface area contributed by atoms with Gasteiger partial charge in [0, 0.05) is 4.47 Å². The van der Waals surface area contributed by atoms with Gasteiger partial charge in [-0.2, -0.15) is 0 Å². The lowest BCUT2D eigenvalue weighted by Gasteiger charge is -2.06. The Morgan fingerprint density at radius 2 is 1.68 bits per heavy atom. The SMILES string of the molecule is COC(=O)C(=Cc1ccc(Br)cc1)c1ccccc1. The first-order valence-corrected chi connectivity index (χ1v) is 6.61. The van der Waals surface area contributed by atoms with E-state index in [1.54, 1.807) is 0 Å². The van der Waals surface area contributed by atoms with E-state index in [2.05, 4.69) is 15.9 Å². The Morgan fingerprint density at radius 3 is 2.26 bits per heavy atom. The molecule has 0 aliphatic heterocycles. The van der Waals surface area contributed by atoms with Crippen LogP contribution in [0, 0.1) is 0 Å². The number of carbonyl (C=O) groups excluding carboxylic acids is 1. The van der Waals surface area contributed by atoms with Crippen LogP contribution in [-0.4, -0.2) is 13.1 Å². The van der Waals surface area contributed by atoms with E-state index in [1.807, 2.05) is 60.7 Å². The molecule has 0 saturated heterocycles. The molecular formula is C16H13BrO2. The zero-order valence-corrected chi connectivity index (χ0v) is 12.1. The van der Waals surface area contributed by atoms with Gasteiger partial charge in [0.2, 0.25) is 0 Å². The third-order valence-corrected chi connectivity index (χ3v) is 3.20. The van der Waals surface area contributed by atoms with Crippen molar-refractivity contribution in [3.8, 4) is 0 Å². The number of methoxy groups -OCH3 is 1. The monoisotopic (exact) mass is 316 g/mol. The summed E-state index contributed by atoms with van der Waals surface area (Å²) in [7, 11) is 1.39. The second kappa shape index (κ2) is 6.34. The van der Waals surface area contributed by atoms with Crippen molar-refractivity contribution < 1.29 is 9.53 Å². The molecule has 3 heteroatoms. The largest absolute Gasteiger partial charge is 0.465 e. The van der Waals surface area contributed by atoms with Gasteiger partial charge in [-0.1, -0.05) is 58.4 Å². The number of benzene rings is 2. The number of ether oxygens (including phenoxy) is 1. The molecule has 96 valence electrons. The summed E-state index contributed by atoms with van der Waals surface area (Å²) in [6.45, 7) is 0. The Hall–Kier alpha value is -1.87. The van der Waals surface area contributed by atoms with Gasteiger partial charge in [0.05, 0.1) is 12.7 Å². The molecule has 2 aromatic carbocycles. The predicted molar refractivity (Wildman–Crippen MR) is 80.5 cm³/mol. The lowest BCUT2D eigenvalue weighted by atomic mass is 10.0. The van der Waals surface area contributed by atoms with Crippen LogP contribution in [0.4, 0.5) is 0 Å². The Balaban J connectivity index is 2.44. The van der Waals surface area contributed by atoms with Crippen LogP contribution in [0.25, 0.3) is 11.6 Å². The second-order valence-electron chi connectivity index (χ2n) is 3.97. The highest BCUT2D eigenvalue weighted by Gasteiger charge is 2.11. The molecule has 0 aliphatic rings. The third kappa shape index (κ3) is 3.55. The van der Waals surface area contributed by atoms with Crippen LogP contribution < -0.4 is 0 Å².